The lowest BCUT2D eigenvalue weighted by molar-refractivity contribution is 0.509. The highest BCUT2D eigenvalue weighted by Gasteiger charge is 2.08. The average molecular weight is 326 g/mol. The Hall–Kier alpha value is -3.02. The SMILES string of the molecule is CCNc1nc(Nc2ccc(F)c(F)c2)cc(-c2ccccc2)n1. The van der Waals surface area contributed by atoms with Gasteiger partial charge in [-0.2, -0.15) is 4.98 Å². The summed E-state index contributed by atoms with van der Waals surface area (Å²) in [6, 6.07) is 15.0. The molecule has 1 heterocycles. The van der Waals surface area contributed by atoms with Crippen molar-refractivity contribution < 1.29 is 8.78 Å². The molecule has 2 N–H and O–H groups in total. The summed E-state index contributed by atoms with van der Waals surface area (Å²) in [5, 5.41) is 6.05. The topological polar surface area (TPSA) is 49.8 Å². The maximum atomic E-state index is 13.4. The van der Waals surface area contributed by atoms with Gasteiger partial charge in [-0.15, -0.1) is 0 Å². The van der Waals surface area contributed by atoms with Crippen LogP contribution < -0.4 is 10.6 Å². The first-order valence-electron chi connectivity index (χ1n) is 7.56. The van der Waals surface area contributed by atoms with Crippen LogP contribution in [0.3, 0.4) is 0 Å². The lowest BCUT2D eigenvalue weighted by Crippen LogP contribution is -2.05. The van der Waals surface area contributed by atoms with Crippen LogP contribution in [0.25, 0.3) is 11.3 Å². The van der Waals surface area contributed by atoms with E-state index in [1.54, 1.807) is 6.07 Å². The van der Waals surface area contributed by atoms with Crippen molar-refractivity contribution in [3.8, 4) is 11.3 Å². The Kier molecular flexibility index (Phi) is 4.65. The quantitative estimate of drug-likeness (QED) is 0.719. The summed E-state index contributed by atoms with van der Waals surface area (Å²) in [6.07, 6.45) is 0. The molecule has 0 aliphatic rings. The third-order valence-electron chi connectivity index (χ3n) is 3.32. The van der Waals surface area contributed by atoms with Crippen LogP contribution in [0.5, 0.6) is 0 Å². The zero-order chi connectivity index (χ0) is 16.9. The molecule has 0 aliphatic heterocycles. The molecule has 2 aromatic carbocycles. The van der Waals surface area contributed by atoms with E-state index in [0.717, 1.165) is 23.4 Å². The number of halogens is 2. The first-order chi connectivity index (χ1) is 11.7. The molecule has 1 aromatic heterocycles. The Morgan fingerprint density at radius 3 is 2.42 bits per heavy atom. The van der Waals surface area contributed by atoms with Crippen molar-refractivity contribution in [3.63, 3.8) is 0 Å². The first kappa shape index (κ1) is 15.9. The molecule has 0 atom stereocenters. The molecule has 3 aromatic rings. The maximum absolute atomic E-state index is 13.4. The summed E-state index contributed by atoms with van der Waals surface area (Å²) in [7, 11) is 0. The minimum atomic E-state index is -0.913. The molecule has 4 nitrogen and oxygen atoms in total. The van der Waals surface area contributed by atoms with Crippen molar-refractivity contribution >= 4 is 17.5 Å². The molecule has 0 saturated heterocycles. The van der Waals surface area contributed by atoms with Crippen LogP contribution in [-0.2, 0) is 0 Å². The lowest BCUT2D eigenvalue weighted by atomic mass is 10.1. The molecule has 0 amide bonds. The Morgan fingerprint density at radius 2 is 1.71 bits per heavy atom. The van der Waals surface area contributed by atoms with E-state index >= 15 is 0 Å². The van der Waals surface area contributed by atoms with E-state index in [1.165, 1.54) is 6.07 Å². The van der Waals surface area contributed by atoms with Gasteiger partial charge in [-0.25, -0.2) is 13.8 Å². The van der Waals surface area contributed by atoms with E-state index in [-0.39, 0.29) is 0 Å². The number of benzene rings is 2. The third-order valence-corrected chi connectivity index (χ3v) is 3.32. The molecule has 122 valence electrons. The zero-order valence-electron chi connectivity index (χ0n) is 13.1. The molecule has 24 heavy (non-hydrogen) atoms. The summed E-state index contributed by atoms with van der Waals surface area (Å²) in [6.45, 7) is 2.61. The van der Waals surface area contributed by atoms with Gasteiger partial charge in [0.25, 0.3) is 0 Å². The second-order valence-electron chi connectivity index (χ2n) is 5.11. The summed E-state index contributed by atoms with van der Waals surface area (Å²) in [5.74, 6) is -0.847. The molecule has 0 aliphatic carbocycles. The molecule has 0 spiro atoms. The number of rotatable bonds is 5. The van der Waals surface area contributed by atoms with Gasteiger partial charge in [-0.05, 0) is 19.1 Å². The molecule has 0 bridgehead atoms. The van der Waals surface area contributed by atoms with E-state index in [0.29, 0.717) is 24.0 Å². The van der Waals surface area contributed by atoms with Gasteiger partial charge >= 0.3 is 0 Å². The van der Waals surface area contributed by atoms with Crippen LogP contribution in [-0.4, -0.2) is 16.5 Å². The fraction of sp³-hybridized carbons (Fsp3) is 0.111. The van der Waals surface area contributed by atoms with Gasteiger partial charge in [0.1, 0.15) is 5.82 Å². The molecular weight excluding hydrogens is 310 g/mol. The number of anilines is 3. The molecule has 0 radical (unpaired) electrons. The van der Waals surface area contributed by atoms with Crippen molar-refractivity contribution in [2.45, 2.75) is 6.92 Å². The molecular formula is C18H16F2N4. The van der Waals surface area contributed by atoms with E-state index in [2.05, 4.69) is 20.6 Å². The monoisotopic (exact) mass is 326 g/mol. The minimum absolute atomic E-state index is 0.411. The number of nitrogens with zero attached hydrogens (tertiary/aromatic N) is 2. The zero-order valence-corrected chi connectivity index (χ0v) is 13.1. The van der Waals surface area contributed by atoms with Crippen LogP contribution in [0.2, 0.25) is 0 Å². The smallest absolute Gasteiger partial charge is 0.225 e. The fourth-order valence-corrected chi connectivity index (χ4v) is 2.23. The van der Waals surface area contributed by atoms with Crippen LogP contribution in [0.1, 0.15) is 6.92 Å². The number of aromatic nitrogens is 2. The van der Waals surface area contributed by atoms with Crippen molar-refractivity contribution in [3.05, 3.63) is 66.2 Å². The van der Waals surface area contributed by atoms with Crippen molar-refractivity contribution in [1.29, 1.82) is 0 Å². The number of hydrogen-bond donors (Lipinski definition) is 2. The van der Waals surface area contributed by atoms with Crippen LogP contribution in [0.15, 0.2) is 54.6 Å². The van der Waals surface area contributed by atoms with Gasteiger partial charge in [0.15, 0.2) is 11.6 Å². The molecule has 3 rings (SSSR count). The second-order valence-corrected chi connectivity index (χ2v) is 5.11. The van der Waals surface area contributed by atoms with Crippen LogP contribution in [0.4, 0.5) is 26.2 Å². The van der Waals surface area contributed by atoms with Crippen LogP contribution in [0, 0.1) is 11.6 Å². The Balaban J connectivity index is 1.97. The average Bonchev–Trinajstić information content (AvgIpc) is 2.59. The minimum Gasteiger partial charge on any atom is -0.354 e. The van der Waals surface area contributed by atoms with Gasteiger partial charge in [0.2, 0.25) is 5.95 Å². The lowest BCUT2D eigenvalue weighted by Gasteiger charge is -2.11. The summed E-state index contributed by atoms with van der Waals surface area (Å²) >= 11 is 0. The molecule has 0 fully saturated rings. The standard InChI is InChI=1S/C18H16F2N4/c1-2-21-18-23-16(12-6-4-3-5-7-12)11-17(24-18)22-13-8-9-14(19)15(20)10-13/h3-11H,2H2,1H3,(H2,21,22,23,24). The normalized spacial score (nSPS) is 10.5. The Labute approximate surface area is 138 Å². The predicted molar refractivity (Wildman–Crippen MR) is 91.3 cm³/mol. The third kappa shape index (κ3) is 3.65. The summed E-state index contributed by atoms with van der Waals surface area (Å²) < 4.78 is 26.4. The first-order valence-corrected chi connectivity index (χ1v) is 7.56. The Morgan fingerprint density at radius 1 is 0.917 bits per heavy atom. The van der Waals surface area contributed by atoms with Gasteiger partial charge in [0.05, 0.1) is 5.69 Å². The van der Waals surface area contributed by atoms with Gasteiger partial charge in [0, 0.05) is 29.9 Å². The second kappa shape index (κ2) is 7.04. The summed E-state index contributed by atoms with van der Waals surface area (Å²) in [5.41, 5.74) is 2.08. The highest BCUT2D eigenvalue weighted by molar-refractivity contribution is 5.67. The number of hydrogen-bond acceptors (Lipinski definition) is 4. The predicted octanol–water partition coefficient (Wildman–Crippen LogP) is 4.60. The van der Waals surface area contributed by atoms with Gasteiger partial charge in [-0.1, -0.05) is 30.3 Å². The van der Waals surface area contributed by atoms with E-state index in [9.17, 15) is 8.78 Å². The van der Waals surface area contributed by atoms with Gasteiger partial charge in [-0.3, -0.25) is 0 Å². The van der Waals surface area contributed by atoms with E-state index < -0.39 is 11.6 Å². The fourth-order valence-electron chi connectivity index (χ4n) is 2.23. The highest BCUT2D eigenvalue weighted by Crippen LogP contribution is 2.24. The van der Waals surface area contributed by atoms with Crippen molar-refractivity contribution in [1.82, 2.24) is 9.97 Å². The molecule has 0 saturated carbocycles. The van der Waals surface area contributed by atoms with Gasteiger partial charge < -0.3 is 10.6 Å². The van der Waals surface area contributed by atoms with Crippen molar-refractivity contribution in [2.24, 2.45) is 0 Å². The highest BCUT2D eigenvalue weighted by atomic mass is 19.2. The molecule has 6 heteroatoms. The van der Waals surface area contributed by atoms with E-state index in [4.69, 9.17) is 0 Å². The molecule has 0 unspecified atom stereocenters. The van der Waals surface area contributed by atoms with Crippen molar-refractivity contribution in [2.75, 3.05) is 17.2 Å². The van der Waals surface area contributed by atoms with E-state index in [1.807, 2.05) is 37.3 Å². The number of nitrogens with one attached hydrogen (secondary N) is 2. The maximum Gasteiger partial charge on any atom is 0.225 e. The largest absolute Gasteiger partial charge is 0.354 e. The van der Waals surface area contributed by atoms with Crippen LogP contribution >= 0.6 is 0 Å². The summed E-state index contributed by atoms with van der Waals surface area (Å²) in [4.78, 5) is 8.82. The Bertz CT molecular complexity index is 838.